The molecule has 1 amide bonds. The van der Waals surface area contributed by atoms with Crippen LogP contribution in [0.25, 0.3) is 0 Å². The minimum absolute atomic E-state index is 0.127. The van der Waals surface area contributed by atoms with Gasteiger partial charge in [-0.2, -0.15) is 0 Å². The van der Waals surface area contributed by atoms with Crippen LogP contribution in [0.15, 0.2) is 22.5 Å². The van der Waals surface area contributed by atoms with E-state index in [0.717, 1.165) is 9.35 Å². The minimum atomic E-state index is -0.127. The van der Waals surface area contributed by atoms with Gasteiger partial charge < -0.3 is 14.8 Å². The average molecular weight is 353 g/mol. The lowest BCUT2D eigenvalue weighted by Gasteiger charge is -2.13. The van der Waals surface area contributed by atoms with Gasteiger partial charge in [-0.05, 0) is 32.9 Å². The molecule has 2 aromatic rings. The van der Waals surface area contributed by atoms with Gasteiger partial charge in [-0.1, -0.05) is 23.1 Å². The maximum Gasteiger partial charge on any atom is 0.234 e. The molecular weight excluding hydrogens is 334 g/mol. The van der Waals surface area contributed by atoms with Gasteiger partial charge in [0.15, 0.2) is 4.34 Å². The van der Waals surface area contributed by atoms with E-state index >= 15 is 0 Å². The number of ether oxygens (including phenoxy) is 2. The fourth-order valence-electron chi connectivity index (χ4n) is 1.79. The summed E-state index contributed by atoms with van der Waals surface area (Å²) in [5.74, 6) is 1.45. The number of anilines is 1. The molecule has 0 spiro atoms. The van der Waals surface area contributed by atoms with Gasteiger partial charge >= 0.3 is 0 Å². The van der Waals surface area contributed by atoms with E-state index in [-0.39, 0.29) is 11.7 Å². The number of nitrogens with zero attached hydrogens (tertiary/aromatic N) is 2. The SMILES string of the molecule is CCOc1ccc(OCC)c(NC(=O)CSc2nnc(C)s2)c1. The zero-order valence-electron chi connectivity index (χ0n) is 13.3. The molecule has 0 saturated heterocycles. The smallest absolute Gasteiger partial charge is 0.234 e. The van der Waals surface area contributed by atoms with Crippen LogP contribution in [-0.4, -0.2) is 35.1 Å². The summed E-state index contributed by atoms with van der Waals surface area (Å²) >= 11 is 2.84. The number of carbonyl (C=O) groups excluding carboxylic acids is 1. The fourth-order valence-corrected chi connectivity index (χ4v) is 3.41. The van der Waals surface area contributed by atoms with Gasteiger partial charge in [0.25, 0.3) is 0 Å². The molecule has 1 heterocycles. The van der Waals surface area contributed by atoms with Gasteiger partial charge in [-0.25, -0.2) is 0 Å². The van der Waals surface area contributed by atoms with E-state index in [4.69, 9.17) is 9.47 Å². The number of benzene rings is 1. The second-order valence-electron chi connectivity index (χ2n) is 4.45. The van der Waals surface area contributed by atoms with Crippen molar-refractivity contribution in [2.24, 2.45) is 0 Å². The summed E-state index contributed by atoms with van der Waals surface area (Å²) in [5.41, 5.74) is 0.608. The van der Waals surface area contributed by atoms with Crippen LogP contribution >= 0.6 is 23.1 Å². The van der Waals surface area contributed by atoms with Crippen molar-refractivity contribution in [3.8, 4) is 11.5 Å². The van der Waals surface area contributed by atoms with Crippen LogP contribution in [0.1, 0.15) is 18.9 Å². The Balaban J connectivity index is 2.01. The Hall–Kier alpha value is -1.80. The van der Waals surface area contributed by atoms with Crippen molar-refractivity contribution in [3.05, 3.63) is 23.2 Å². The van der Waals surface area contributed by atoms with E-state index < -0.39 is 0 Å². The zero-order valence-corrected chi connectivity index (χ0v) is 14.9. The van der Waals surface area contributed by atoms with Crippen molar-refractivity contribution in [2.45, 2.75) is 25.1 Å². The maximum absolute atomic E-state index is 12.1. The quantitative estimate of drug-likeness (QED) is 0.734. The van der Waals surface area contributed by atoms with E-state index in [2.05, 4.69) is 15.5 Å². The van der Waals surface area contributed by atoms with Crippen LogP contribution in [0.5, 0.6) is 11.5 Å². The van der Waals surface area contributed by atoms with Gasteiger partial charge in [-0.15, -0.1) is 10.2 Å². The highest BCUT2D eigenvalue weighted by atomic mass is 32.2. The first-order chi connectivity index (χ1) is 11.1. The second kappa shape index (κ2) is 8.73. The third-order valence-electron chi connectivity index (χ3n) is 2.67. The van der Waals surface area contributed by atoms with Gasteiger partial charge in [-0.3, -0.25) is 4.79 Å². The van der Waals surface area contributed by atoms with Gasteiger partial charge in [0.1, 0.15) is 16.5 Å². The van der Waals surface area contributed by atoms with E-state index in [1.807, 2.05) is 26.8 Å². The molecule has 2 rings (SSSR count). The summed E-state index contributed by atoms with van der Waals surface area (Å²) in [6.07, 6.45) is 0. The number of thioether (sulfide) groups is 1. The summed E-state index contributed by atoms with van der Waals surface area (Å²) in [4.78, 5) is 12.1. The molecule has 0 atom stereocenters. The Morgan fingerprint density at radius 2 is 2.04 bits per heavy atom. The monoisotopic (exact) mass is 353 g/mol. The molecule has 6 nitrogen and oxygen atoms in total. The van der Waals surface area contributed by atoms with Crippen molar-refractivity contribution >= 4 is 34.7 Å². The largest absolute Gasteiger partial charge is 0.494 e. The van der Waals surface area contributed by atoms with Gasteiger partial charge in [0.2, 0.25) is 5.91 Å². The summed E-state index contributed by atoms with van der Waals surface area (Å²) in [5, 5.41) is 11.7. The van der Waals surface area contributed by atoms with Crippen LogP contribution in [0.3, 0.4) is 0 Å². The standard InChI is InChI=1S/C15H19N3O3S2/c1-4-20-11-6-7-13(21-5-2)12(8-11)16-14(19)9-22-15-18-17-10(3)23-15/h6-8H,4-5,9H2,1-3H3,(H,16,19). The molecule has 23 heavy (non-hydrogen) atoms. The fraction of sp³-hybridized carbons (Fsp3) is 0.400. The molecule has 0 bridgehead atoms. The topological polar surface area (TPSA) is 73.3 Å². The molecule has 124 valence electrons. The third-order valence-corrected chi connectivity index (χ3v) is 4.64. The minimum Gasteiger partial charge on any atom is -0.494 e. The Bertz CT molecular complexity index is 661. The van der Waals surface area contributed by atoms with Crippen molar-refractivity contribution in [1.82, 2.24) is 10.2 Å². The Kier molecular flexibility index (Phi) is 6.66. The first kappa shape index (κ1) is 17.6. The van der Waals surface area contributed by atoms with Crippen LogP contribution in [-0.2, 0) is 4.79 Å². The van der Waals surface area contributed by atoms with Crippen molar-refractivity contribution < 1.29 is 14.3 Å². The van der Waals surface area contributed by atoms with Crippen molar-refractivity contribution in [3.63, 3.8) is 0 Å². The van der Waals surface area contributed by atoms with Crippen molar-refractivity contribution in [2.75, 3.05) is 24.3 Å². The summed E-state index contributed by atoms with van der Waals surface area (Å²) in [6, 6.07) is 5.39. The van der Waals surface area contributed by atoms with Gasteiger partial charge in [0, 0.05) is 6.07 Å². The summed E-state index contributed by atoms with van der Waals surface area (Å²) in [6.45, 7) is 6.78. The number of hydrogen-bond acceptors (Lipinski definition) is 7. The molecular formula is C15H19N3O3S2. The molecule has 0 aliphatic heterocycles. The molecule has 0 saturated carbocycles. The number of amides is 1. The zero-order chi connectivity index (χ0) is 16.7. The van der Waals surface area contributed by atoms with Crippen LogP contribution in [0.2, 0.25) is 0 Å². The molecule has 0 unspecified atom stereocenters. The molecule has 0 aliphatic rings. The highest BCUT2D eigenvalue weighted by Crippen LogP contribution is 2.30. The highest BCUT2D eigenvalue weighted by Gasteiger charge is 2.11. The van der Waals surface area contributed by atoms with Crippen LogP contribution < -0.4 is 14.8 Å². The number of aromatic nitrogens is 2. The third kappa shape index (κ3) is 5.40. The van der Waals surface area contributed by atoms with E-state index in [1.165, 1.54) is 23.1 Å². The predicted molar refractivity (Wildman–Crippen MR) is 92.8 cm³/mol. The predicted octanol–water partition coefficient (Wildman–Crippen LogP) is 3.37. The normalized spacial score (nSPS) is 10.4. The Labute approximate surface area is 143 Å². The van der Waals surface area contributed by atoms with Crippen LogP contribution in [0, 0.1) is 6.92 Å². The maximum atomic E-state index is 12.1. The lowest BCUT2D eigenvalue weighted by atomic mass is 10.2. The molecule has 0 radical (unpaired) electrons. The molecule has 8 heteroatoms. The van der Waals surface area contributed by atoms with E-state index in [1.54, 1.807) is 12.1 Å². The molecule has 1 aromatic heterocycles. The molecule has 1 N–H and O–H groups in total. The second-order valence-corrected chi connectivity index (χ2v) is 6.85. The first-order valence-corrected chi connectivity index (χ1v) is 9.05. The number of carbonyl (C=O) groups is 1. The van der Waals surface area contributed by atoms with E-state index in [9.17, 15) is 4.79 Å². The Morgan fingerprint density at radius 1 is 1.26 bits per heavy atom. The number of aryl methyl sites for hydroxylation is 1. The lowest BCUT2D eigenvalue weighted by Crippen LogP contribution is -2.15. The highest BCUT2D eigenvalue weighted by molar-refractivity contribution is 8.01. The lowest BCUT2D eigenvalue weighted by molar-refractivity contribution is -0.113. The summed E-state index contributed by atoms with van der Waals surface area (Å²) in [7, 11) is 0. The molecule has 1 aromatic carbocycles. The first-order valence-electron chi connectivity index (χ1n) is 7.24. The van der Waals surface area contributed by atoms with Crippen LogP contribution in [0.4, 0.5) is 5.69 Å². The molecule has 0 aliphatic carbocycles. The number of nitrogens with one attached hydrogen (secondary N) is 1. The van der Waals surface area contributed by atoms with Gasteiger partial charge in [0.05, 0.1) is 24.7 Å². The van der Waals surface area contributed by atoms with Crippen molar-refractivity contribution in [1.29, 1.82) is 0 Å². The molecule has 0 fully saturated rings. The Morgan fingerprint density at radius 3 is 2.70 bits per heavy atom. The number of hydrogen-bond donors (Lipinski definition) is 1. The van der Waals surface area contributed by atoms with E-state index in [0.29, 0.717) is 30.4 Å². The number of rotatable bonds is 8. The average Bonchev–Trinajstić information content (AvgIpc) is 2.94. The summed E-state index contributed by atoms with van der Waals surface area (Å²) < 4.78 is 11.8.